The largest absolute Gasteiger partial charge is 0.351 e. The van der Waals surface area contributed by atoms with Crippen molar-refractivity contribution in [3.63, 3.8) is 0 Å². The van der Waals surface area contributed by atoms with Crippen molar-refractivity contribution >= 4 is 40.6 Å². The fourth-order valence-corrected chi connectivity index (χ4v) is 4.42. The van der Waals surface area contributed by atoms with Crippen LogP contribution in [-0.2, 0) is 0 Å². The van der Waals surface area contributed by atoms with Gasteiger partial charge in [0, 0.05) is 23.7 Å². The van der Waals surface area contributed by atoms with Crippen LogP contribution in [0.2, 0.25) is 5.02 Å². The highest BCUT2D eigenvalue weighted by Crippen LogP contribution is 2.23. The first-order valence-electron chi connectivity index (χ1n) is 12.0. The molecule has 3 heterocycles. The number of carbonyl (C=O) groups excluding carboxylic acids is 1. The van der Waals surface area contributed by atoms with Crippen LogP contribution >= 0.6 is 11.6 Å². The molecule has 36 heavy (non-hydrogen) atoms. The lowest BCUT2D eigenvalue weighted by Crippen LogP contribution is -2.37. The Morgan fingerprint density at radius 3 is 2.72 bits per heavy atom. The van der Waals surface area contributed by atoms with E-state index in [4.69, 9.17) is 11.6 Å². The van der Waals surface area contributed by atoms with E-state index < -0.39 is 0 Å². The predicted octanol–water partition coefficient (Wildman–Crippen LogP) is 4.13. The first-order valence-corrected chi connectivity index (χ1v) is 12.4. The van der Waals surface area contributed by atoms with Gasteiger partial charge in [-0.05, 0) is 61.8 Å². The van der Waals surface area contributed by atoms with E-state index in [-0.39, 0.29) is 5.91 Å². The molecule has 1 amide bonds. The van der Waals surface area contributed by atoms with Gasteiger partial charge in [0.15, 0.2) is 11.5 Å². The number of halogens is 1. The van der Waals surface area contributed by atoms with E-state index in [2.05, 4.69) is 35.8 Å². The van der Waals surface area contributed by atoms with Crippen molar-refractivity contribution in [2.75, 3.05) is 31.6 Å². The number of amides is 1. The van der Waals surface area contributed by atoms with Gasteiger partial charge in [-0.2, -0.15) is 10.2 Å². The average molecular weight is 503 g/mol. The summed E-state index contributed by atoms with van der Waals surface area (Å²) in [5.74, 6) is 0.475. The summed E-state index contributed by atoms with van der Waals surface area (Å²) in [5, 5.41) is 13.1. The van der Waals surface area contributed by atoms with Gasteiger partial charge < -0.3 is 10.2 Å². The topological polar surface area (TPSA) is 100 Å². The van der Waals surface area contributed by atoms with E-state index in [0.29, 0.717) is 28.6 Å². The molecule has 184 valence electrons. The van der Waals surface area contributed by atoms with Crippen molar-refractivity contribution in [2.24, 2.45) is 5.10 Å². The van der Waals surface area contributed by atoms with Gasteiger partial charge in [0.05, 0.1) is 23.5 Å². The van der Waals surface area contributed by atoms with E-state index in [9.17, 15) is 4.79 Å². The molecular weight excluding hydrogens is 476 g/mol. The molecule has 2 aromatic heterocycles. The van der Waals surface area contributed by atoms with Gasteiger partial charge in [-0.25, -0.2) is 14.6 Å². The van der Waals surface area contributed by atoms with Crippen molar-refractivity contribution in [1.82, 2.24) is 30.0 Å². The summed E-state index contributed by atoms with van der Waals surface area (Å²) in [7, 11) is 0. The second kappa shape index (κ2) is 11.3. The molecule has 1 aliphatic heterocycles. The molecule has 1 aliphatic rings. The highest BCUT2D eigenvalue weighted by molar-refractivity contribution is 6.30. The molecular formula is C26H27ClN8O. The van der Waals surface area contributed by atoms with E-state index in [0.717, 1.165) is 36.3 Å². The Kier molecular flexibility index (Phi) is 7.49. The maximum Gasteiger partial charge on any atom is 0.251 e. The van der Waals surface area contributed by atoms with E-state index in [1.807, 2.05) is 36.4 Å². The molecule has 0 atom stereocenters. The normalized spacial score (nSPS) is 14.4. The summed E-state index contributed by atoms with van der Waals surface area (Å²) in [6, 6.07) is 14.7. The maximum absolute atomic E-state index is 12.4. The monoisotopic (exact) mass is 502 g/mol. The number of hydrogen-bond acceptors (Lipinski definition) is 7. The third-order valence-corrected chi connectivity index (χ3v) is 6.37. The van der Waals surface area contributed by atoms with Gasteiger partial charge in [0.25, 0.3) is 5.91 Å². The van der Waals surface area contributed by atoms with Crippen LogP contribution < -0.4 is 10.7 Å². The summed E-state index contributed by atoms with van der Waals surface area (Å²) in [5.41, 5.74) is 5.89. The minimum absolute atomic E-state index is 0.0614. The van der Waals surface area contributed by atoms with Crippen LogP contribution in [0.1, 0.15) is 35.2 Å². The quantitative estimate of drug-likeness (QED) is 0.277. The zero-order valence-corrected chi connectivity index (χ0v) is 20.5. The number of nitrogens with one attached hydrogen (secondary N) is 2. The number of fused-ring (bicyclic) bond motifs is 1. The van der Waals surface area contributed by atoms with Crippen molar-refractivity contribution in [3.8, 4) is 5.69 Å². The van der Waals surface area contributed by atoms with Crippen molar-refractivity contribution in [3.05, 3.63) is 77.2 Å². The number of benzene rings is 2. The summed E-state index contributed by atoms with van der Waals surface area (Å²) >= 11 is 6.12. The molecule has 2 aromatic carbocycles. The van der Waals surface area contributed by atoms with Crippen LogP contribution in [0.3, 0.4) is 0 Å². The first-order chi connectivity index (χ1) is 17.7. The SMILES string of the molecule is O=C(NCCN1CCCCC1)c1ccc(/C=N/Nc2ncnc3c2cnn3-c2cccc(Cl)c2)cc1. The van der Waals surface area contributed by atoms with Crippen molar-refractivity contribution in [1.29, 1.82) is 0 Å². The Morgan fingerprint density at radius 1 is 1.08 bits per heavy atom. The predicted molar refractivity (Wildman–Crippen MR) is 142 cm³/mol. The molecule has 9 nitrogen and oxygen atoms in total. The Hall–Kier alpha value is -3.82. The van der Waals surface area contributed by atoms with Gasteiger partial charge in [0.1, 0.15) is 6.33 Å². The van der Waals surface area contributed by atoms with Gasteiger partial charge in [-0.1, -0.05) is 36.2 Å². The lowest BCUT2D eigenvalue weighted by atomic mass is 10.1. The first kappa shape index (κ1) is 23.9. The van der Waals surface area contributed by atoms with E-state index in [1.165, 1.54) is 25.6 Å². The van der Waals surface area contributed by atoms with Crippen LogP contribution in [-0.4, -0.2) is 62.9 Å². The molecule has 1 saturated heterocycles. The van der Waals surface area contributed by atoms with Gasteiger partial charge in [-0.15, -0.1) is 0 Å². The van der Waals surface area contributed by atoms with E-state index >= 15 is 0 Å². The van der Waals surface area contributed by atoms with Gasteiger partial charge >= 0.3 is 0 Å². The summed E-state index contributed by atoms with van der Waals surface area (Å²) in [4.78, 5) is 23.5. The highest BCUT2D eigenvalue weighted by atomic mass is 35.5. The van der Waals surface area contributed by atoms with Crippen LogP contribution in [0.15, 0.2) is 66.2 Å². The zero-order chi connectivity index (χ0) is 24.7. The molecule has 2 N–H and O–H groups in total. The Balaban J connectivity index is 1.19. The molecule has 0 spiro atoms. The number of piperidine rings is 1. The summed E-state index contributed by atoms with van der Waals surface area (Å²) in [6.07, 6.45) is 8.63. The number of hydrogen-bond donors (Lipinski definition) is 2. The number of rotatable bonds is 8. The number of likely N-dealkylation sites (tertiary alicyclic amines) is 1. The molecule has 0 unspecified atom stereocenters. The second-order valence-electron chi connectivity index (χ2n) is 8.65. The number of carbonyl (C=O) groups is 1. The number of nitrogens with zero attached hydrogens (tertiary/aromatic N) is 6. The lowest BCUT2D eigenvalue weighted by molar-refractivity contribution is 0.0946. The maximum atomic E-state index is 12.4. The molecule has 0 bridgehead atoms. The average Bonchev–Trinajstić information content (AvgIpc) is 3.35. The summed E-state index contributed by atoms with van der Waals surface area (Å²) in [6.45, 7) is 3.81. The molecule has 1 fully saturated rings. The molecule has 5 rings (SSSR count). The smallest absolute Gasteiger partial charge is 0.251 e. The van der Waals surface area contributed by atoms with Crippen LogP contribution in [0, 0.1) is 0 Å². The molecule has 0 saturated carbocycles. The minimum Gasteiger partial charge on any atom is -0.351 e. The van der Waals surface area contributed by atoms with Gasteiger partial charge in [0.2, 0.25) is 0 Å². The molecule has 10 heteroatoms. The van der Waals surface area contributed by atoms with Gasteiger partial charge in [-0.3, -0.25) is 10.2 Å². The number of aromatic nitrogens is 4. The third kappa shape index (κ3) is 5.69. The molecule has 0 radical (unpaired) electrons. The number of anilines is 1. The van der Waals surface area contributed by atoms with Crippen molar-refractivity contribution < 1.29 is 4.79 Å². The van der Waals surface area contributed by atoms with Crippen molar-refractivity contribution in [2.45, 2.75) is 19.3 Å². The van der Waals surface area contributed by atoms with Crippen LogP contribution in [0.25, 0.3) is 16.7 Å². The van der Waals surface area contributed by atoms with E-state index in [1.54, 1.807) is 29.2 Å². The number of hydrazone groups is 1. The molecule has 0 aliphatic carbocycles. The fourth-order valence-electron chi connectivity index (χ4n) is 4.23. The fraction of sp³-hybridized carbons (Fsp3) is 0.269. The highest BCUT2D eigenvalue weighted by Gasteiger charge is 2.12. The summed E-state index contributed by atoms with van der Waals surface area (Å²) < 4.78 is 1.70. The zero-order valence-electron chi connectivity index (χ0n) is 19.8. The second-order valence-corrected chi connectivity index (χ2v) is 9.08. The third-order valence-electron chi connectivity index (χ3n) is 6.14. The minimum atomic E-state index is -0.0614. The Bertz CT molecular complexity index is 1360. The lowest BCUT2D eigenvalue weighted by Gasteiger charge is -2.26. The molecule has 4 aromatic rings. The standard InChI is InChI=1S/C26H27ClN8O/c27-21-5-4-6-22(15-21)35-25-23(17-32-35)24(29-18-30-25)33-31-16-19-7-9-20(10-8-19)26(36)28-11-14-34-12-2-1-3-13-34/h4-10,15-18H,1-3,11-14H2,(H,28,36)(H,29,30,33)/b31-16+. The Labute approximate surface area is 214 Å². The van der Waals surface area contributed by atoms with Crippen LogP contribution in [0.4, 0.5) is 5.82 Å². The van der Waals surface area contributed by atoms with Crippen LogP contribution in [0.5, 0.6) is 0 Å². The Morgan fingerprint density at radius 2 is 1.92 bits per heavy atom.